The highest BCUT2D eigenvalue weighted by Gasteiger charge is 2.48. The third kappa shape index (κ3) is 5.68. The van der Waals surface area contributed by atoms with E-state index in [4.69, 9.17) is 5.14 Å². The Morgan fingerprint density at radius 3 is 2.17 bits per heavy atom. The quantitative estimate of drug-likeness (QED) is 0.551. The summed E-state index contributed by atoms with van der Waals surface area (Å²) in [4.78, 5) is -0.967. The molecule has 3 N–H and O–H groups in total. The van der Waals surface area contributed by atoms with Gasteiger partial charge in [-0.25, -0.2) is 22.0 Å². The van der Waals surface area contributed by atoms with Gasteiger partial charge in [-0.1, -0.05) is 32.0 Å². The van der Waals surface area contributed by atoms with Gasteiger partial charge in [-0.05, 0) is 36.8 Å². The van der Waals surface area contributed by atoms with Crippen molar-refractivity contribution in [2.75, 3.05) is 5.32 Å². The summed E-state index contributed by atoms with van der Waals surface area (Å²) >= 11 is 1.47. The molecule has 6 nitrogen and oxygen atoms in total. The largest absolute Gasteiger partial charge is 0.501 e. The van der Waals surface area contributed by atoms with E-state index in [1.165, 1.54) is 11.8 Å². The van der Waals surface area contributed by atoms with Gasteiger partial charge in [0.1, 0.15) is 4.90 Å². The van der Waals surface area contributed by atoms with E-state index in [1.807, 2.05) is 37.3 Å². The molecule has 2 aromatic carbocycles. The predicted octanol–water partition coefficient (Wildman–Crippen LogP) is 4.00. The molecule has 0 aliphatic rings. The number of thioether (sulfide) groups is 1. The molecule has 0 amide bonds. The van der Waals surface area contributed by atoms with Crippen molar-refractivity contribution < 1.29 is 30.0 Å². The van der Waals surface area contributed by atoms with E-state index in [0.717, 1.165) is 17.0 Å². The number of anilines is 1. The second kappa shape index (κ2) is 9.16. The van der Waals surface area contributed by atoms with E-state index >= 15 is 0 Å². The highest BCUT2D eigenvalue weighted by molar-refractivity contribution is 8.00. The Hall–Kier alpha value is -1.76. The number of rotatable bonds is 8. The minimum atomic E-state index is -5.82. The number of halogens is 3. The molecule has 0 fully saturated rings. The Morgan fingerprint density at radius 2 is 1.67 bits per heavy atom. The lowest BCUT2D eigenvalue weighted by Crippen LogP contribution is -2.31. The first kappa shape index (κ1) is 24.5. The molecule has 0 saturated heterocycles. The third-order valence-corrected chi connectivity index (χ3v) is 7.97. The van der Waals surface area contributed by atoms with E-state index in [2.05, 4.69) is 5.32 Å². The Morgan fingerprint density at radius 1 is 1.07 bits per heavy atom. The normalized spacial score (nSPS) is 14.9. The van der Waals surface area contributed by atoms with Crippen LogP contribution in [0.2, 0.25) is 0 Å². The molecule has 166 valence electrons. The summed E-state index contributed by atoms with van der Waals surface area (Å²) in [5.41, 5.74) is -5.95. The average molecular weight is 483 g/mol. The van der Waals surface area contributed by atoms with Crippen LogP contribution in [0.1, 0.15) is 20.3 Å². The third-order valence-electron chi connectivity index (χ3n) is 4.29. The van der Waals surface area contributed by atoms with E-state index < -0.39 is 41.2 Å². The van der Waals surface area contributed by atoms with Gasteiger partial charge in [-0.3, -0.25) is 0 Å². The summed E-state index contributed by atoms with van der Waals surface area (Å²) in [5.74, 6) is 0. The lowest BCUT2D eigenvalue weighted by Gasteiger charge is -2.26. The molecule has 0 aliphatic heterocycles. The zero-order valence-electron chi connectivity index (χ0n) is 16.0. The molecule has 0 radical (unpaired) electrons. The number of hydrogen-bond donors (Lipinski definition) is 2. The van der Waals surface area contributed by atoms with Gasteiger partial charge in [0.2, 0.25) is 10.0 Å². The molecule has 0 aliphatic carbocycles. The van der Waals surface area contributed by atoms with Gasteiger partial charge in [0.25, 0.3) is 9.84 Å². The molecule has 2 atom stereocenters. The van der Waals surface area contributed by atoms with Crippen molar-refractivity contribution in [3.8, 4) is 0 Å². The fraction of sp³-hybridized carbons (Fsp3) is 0.333. The standard InChI is InChI=1S/C18H21F3N2O4S3/c1-3-15(12(2)28-13-7-5-4-6-8-13)23-16-10-9-14(30(22,26)27)11-17(16)29(24,25)18(19,20)21/h4-12,15,23H,3H2,1-2H3,(H2,22,26,27). The van der Waals surface area contributed by atoms with Crippen LogP contribution in [-0.2, 0) is 19.9 Å². The van der Waals surface area contributed by atoms with E-state index in [1.54, 1.807) is 6.92 Å². The molecular formula is C18H21F3N2O4S3. The molecule has 2 rings (SSSR count). The molecule has 0 bridgehead atoms. The molecule has 0 saturated carbocycles. The molecule has 30 heavy (non-hydrogen) atoms. The van der Waals surface area contributed by atoms with Crippen LogP contribution < -0.4 is 10.5 Å². The summed E-state index contributed by atoms with van der Waals surface area (Å²) in [6, 6.07) is 11.3. The number of sulfonamides is 1. The van der Waals surface area contributed by atoms with Crippen LogP contribution in [0.25, 0.3) is 0 Å². The zero-order valence-corrected chi connectivity index (χ0v) is 18.5. The highest BCUT2D eigenvalue weighted by atomic mass is 32.2. The molecule has 2 unspecified atom stereocenters. The number of primary sulfonamides is 1. The molecule has 0 aromatic heterocycles. The van der Waals surface area contributed by atoms with E-state index in [-0.39, 0.29) is 10.9 Å². The smallest absolute Gasteiger partial charge is 0.380 e. The van der Waals surface area contributed by atoms with Crippen LogP contribution >= 0.6 is 11.8 Å². The minimum Gasteiger partial charge on any atom is -0.380 e. The highest BCUT2D eigenvalue weighted by Crippen LogP contribution is 2.37. The van der Waals surface area contributed by atoms with Crippen molar-refractivity contribution in [3.05, 3.63) is 48.5 Å². The monoisotopic (exact) mass is 482 g/mol. The Bertz CT molecular complexity index is 1090. The molecule has 0 heterocycles. The molecule has 0 spiro atoms. The second-order valence-corrected chi connectivity index (χ2v) is 11.4. The SMILES string of the molecule is CCC(Nc1ccc(S(N)(=O)=O)cc1S(=O)(=O)C(F)(F)F)C(C)Sc1ccccc1. The number of alkyl halides is 3. The topological polar surface area (TPSA) is 106 Å². The van der Waals surface area contributed by atoms with Gasteiger partial charge >= 0.3 is 5.51 Å². The Balaban J connectivity index is 2.46. The molecular weight excluding hydrogens is 461 g/mol. The number of nitrogens with one attached hydrogen (secondary N) is 1. The maximum absolute atomic E-state index is 13.2. The Labute approximate surface area is 178 Å². The second-order valence-electron chi connectivity index (χ2n) is 6.45. The number of nitrogens with two attached hydrogens (primary N) is 1. The summed E-state index contributed by atoms with van der Waals surface area (Å²) in [7, 11) is -10.2. The first-order chi connectivity index (χ1) is 13.8. The summed E-state index contributed by atoms with van der Waals surface area (Å²) < 4.78 is 86.8. The fourth-order valence-corrected chi connectivity index (χ4v) is 5.42. The van der Waals surface area contributed by atoms with Crippen molar-refractivity contribution in [2.45, 2.75) is 51.8 Å². The van der Waals surface area contributed by atoms with Gasteiger partial charge in [0, 0.05) is 16.2 Å². The maximum Gasteiger partial charge on any atom is 0.501 e. The van der Waals surface area contributed by atoms with Crippen LogP contribution in [0.3, 0.4) is 0 Å². The average Bonchev–Trinajstić information content (AvgIpc) is 2.65. The first-order valence-corrected chi connectivity index (χ1v) is 12.6. The van der Waals surface area contributed by atoms with Crippen LogP contribution in [0, 0.1) is 0 Å². The van der Waals surface area contributed by atoms with Gasteiger partial charge in [0.15, 0.2) is 0 Å². The minimum absolute atomic E-state index is 0.142. The van der Waals surface area contributed by atoms with E-state index in [9.17, 15) is 30.0 Å². The van der Waals surface area contributed by atoms with Gasteiger partial charge < -0.3 is 5.32 Å². The fourth-order valence-electron chi connectivity index (χ4n) is 2.69. The lowest BCUT2D eigenvalue weighted by molar-refractivity contribution is -0.0435. The summed E-state index contributed by atoms with van der Waals surface area (Å²) in [5, 5.41) is 7.66. The predicted molar refractivity (Wildman–Crippen MR) is 111 cm³/mol. The summed E-state index contributed by atoms with van der Waals surface area (Å²) in [6.45, 7) is 3.66. The first-order valence-electron chi connectivity index (χ1n) is 8.73. The van der Waals surface area contributed by atoms with Crippen molar-refractivity contribution in [1.82, 2.24) is 0 Å². The Kier molecular flexibility index (Phi) is 7.49. The van der Waals surface area contributed by atoms with Gasteiger partial charge in [0.05, 0.1) is 10.6 Å². The van der Waals surface area contributed by atoms with Crippen LogP contribution in [0.4, 0.5) is 18.9 Å². The number of hydrogen-bond acceptors (Lipinski definition) is 6. The van der Waals surface area contributed by atoms with Crippen molar-refractivity contribution in [2.24, 2.45) is 5.14 Å². The van der Waals surface area contributed by atoms with E-state index in [0.29, 0.717) is 12.5 Å². The van der Waals surface area contributed by atoms with Crippen LogP contribution in [0.15, 0.2) is 63.2 Å². The molecule has 2 aromatic rings. The van der Waals surface area contributed by atoms with Crippen molar-refractivity contribution in [1.29, 1.82) is 0 Å². The van der Waals surface area contributed by atoms with Crippen LogP contribution in [0.5, 0.6) is 0 Å². The molecule has 12 heteroatoms. The van der Waals surface area contributed by atoms with Crippen molar-refractivity contribution >= 4 is 37.3 Å². The number of benzene rings is 2. The maximum atomic E-state index is 13.2. The zero-order chi connectivity index (χ0) is 22.7. The van der Waals surface area contributed by atoms with Gasteiger partial charge in [-0.2, -0.15) is 13.2 Å². The lowest BCUT2D eigenvalue weighted by atomic mass is 10.1. The van der Waals surface area contributed by atoms with Gasteiger partial charge in [-0.15, -0.1) is 11.8 Å². The number of sulfone groups is 1. The summed E-state index contributed by atoms with van der Waals surface area (Å²) in [6.07, 6.45) is 0.476. The van der Waals surface area contributed by atoms with Crippen LogP contribution in [-0.4, -0.2) is 33.6 Å². The van der Waals surface area contributed by atoms with Crippen molar-refractivity contribution in [3.63, 3.8) is 0 Å².